The van der Waals surface area contributed by atoms with Crippen LogP contribution in [0.5, 0.6) is 11.5 Å². The van der Waals surface area contributed by atoms with Crippen LogP contribution in [0.3, 0.4) is 0 Å². The normalized spacial score (nSPS) is 14.3. The molecule has 1 aliphatic rings. The highest BCUT2D eigenvalue weighted by Gasteiger charge is 2.34. The molecule has 1 fully saturated rings. The summed E-state index contributed by atoms with van der Waals surface area (Å²) in [5.74, 6) is 0.501. The molecule has 172 valence electrons. The van der Waals surface area contributed by atoms with E-state index in [0.717, 1.165) is 23.3 Å². The molecule has 0 spiro atoms. The minimum atomic E-state index is -0.455. The third-order valence-electron chi connectivity index (χ3n) is 5.31. The molecule has 2 amide bonds. The van der Waals surface area contributed by atoms with Gasteiger partial charge in [0.25, 0.3) is 11.8 Å². The highest BCUT2D eigenvalue weighted by Crippen LogP contribution is 2.26. The zero-order valence-corrected chi connectivity index (χ0v) is 19.0. The standard InChI is InChI=1S/C28H26N2O4/c1-3-9-21-10-7-8-13-25(21)33-16-17-34-26-15-14-20(2)18-22(26)19-24-27(31)29-30(28(24)32)23-11-5-4-6-12-23/h3-8,10-15,18-19H,1,9,16-17H2,2H3,(H,29,31)/b24-19+. The summed E-state index contributed by atoms with van der Waals surface area (Å²) in [5, 5.41) is 1.25. The van der Waals surface area contributed by atoms with Crippen molar-refractivity contribution in [2.45, 2.75) is 13.3 Å². The second-order valence-corrected chi connectivity index (χ2v) is 7.81. The fourth-order valence-electron chi connectivity index (χ4n) is 3.66. The molecule has 6 heteroatoms. The molecule has 3 aromatic rings. The fourth-order valence-corrected chi connectivity index (χ4v) is 3.66. The molecule has 0 aliphatic carbocycles. The van der Waals surface area contributed by atoms with Gasteiger partial charge in [-0.05, 0) is 55.3 Å². The Morgan fingerprint density at radius 1 is 0.912 bits per heavy atom. The lowest BCUT2D eigenvalue weighted by atomic mass is 10.1. The molecule has 3 aromatic carbocycles. The van der Waals surface area contributed by atoms with Crippen molar-refractivity contribution in [2.24, 2.45) is 0 Å². The van der Waals surface area contributed by atoms with E-state index in [0.29, 0.717) is 30.2 Å². The van der Waals surface area contributed by atoms with Crippen molar-refractivity contribution in [3.8, 4) is 11.5 Å². The Morgan fingerprint density at radius 2 is 1.62 bits per heavy atom. The summed E-state index contributed by atoms with van der Waals surface area (Å²) in [4.78, 5) is 25.5. The Morgan fingerprint density at radius 3 is 2.38 bits per heavy atom. The van der Waals surface area contributed by atoms with Crippen LogP contribution in [0.25, 0.3) is 6.08 Å². The van der Waals surface area contributed by atoms with Crippen LogP contribution in [0.2, 0.25) is 0 Å². The monoisotopic (exact) mass is 454 g/mol. The lowest BCUT2D eigenvalue weighted by Crippen LogP contribution is -2.35. The van der Waals surface area contributed by atoms with Gasteiger partial charge in [0, 0.05) is 5.56 Å². The van der Waals surface area contributed by atoms with E-state index in [9.17, 15) is 9.59 Å². The molecule has 0 radical (unpaired) electrons. The number of carbonyl (C=O) groups excluding carboxylic acids is 2. The zero-order valence-electron chi connectivity index (χ0n) is 19.0. The Kier molecular flexibility index (Phi) is 7.08. The maximum atomic E-state index is 12.9. The van der Waals surface area contributed by atoms with Gasteiger partial charge in [-0.25, -0.2) is 5.01 Å². The molecule has 4 rings (SSSR count). The van der Waals surface area contributed by atoms with Crippen LogP contribution < -0.4 is 19.9 Å². The summed E-state index contributed by atoms with van der Waals surface area (Å²) >= 11 is 0. The van der Waals surface area contributed by atoms with Gasteiger partial charge < -0.3 is 9.47 Å². The van der Waals surface area contributed by atoms with Crippen molar-refractivity contribution >= 4 is 23.6 Å². The Hall–Kier alpha value is -4.32. The number of anilines is 1. The summed E-state index contributed by atoms with van der Waals surface area (Å²) < 4.78 is 11.9. The number of para-hydroxylation sites is 2. The Bertz CT molecular complexity index is 1230. The van der Waals surface area contributed by atoms with Gasteiger partial charge in [-0.1, -0.05) is 54.1 Å². The van der Waals surface area contributed by atoms with Crippen LogP contribution >= 0.6 is 0 Å². The van der Waals surface area contributed by atoms with Gasteiger partial charge in [0.05, 0.1) is 5.69 Å². The molecule has 0 unspecified atom stereocenters. The Labute approximate surface area is 199 Å². The second-order valence-electron chi connectivity index (χ2n) is 7.81. The van der Waals surface area contributed by atoms with Gasteiger partial charge in [0.1, 0.15) is 30.3 Å². The van der Waals surface area contributed by atoms with Crippen molar-refractivity contribution in [2.75, 3.05) is 18.2 Å². The van der Waals surface area contributed by atoms with Gasteiger partial charge in [0.15, 0.2) is 0 Å². The van der Waals surface area contributed by atoms with Crippen molar-refractivity contribution in [1.29, 1.82) is 0 Å². The summed E-state index contributed by atoms with van der Waals surface area (Å²) in [5.41, 5.74) is 5.97. The number of aryl methyl sites for hydroxylation is 1. The first-order valence-corrected chi connectivity index (χ1v) is 11.0. The van der Waals surface area contributed by atoms with Crippen LogP contribution in [0.4, 0.5) is 5.69 Å². The fraction of sp³-hybridized carbons (Fsp3) is 0.143. The third-order valence-corrected chi connectivity index (χ3v) is 5.31. The van der Waals surface area contributed by atoms with Crippen LogP contribution in [-0.2, 0) is 16.0 Å². The minimum absolute atomic E-state index is 0.0499. The molecule has 0 aromatic heterocycles. The molecule has 1 aliphatic heterocycles. The summed E-state index contributed by atoms with van der Waals surface area (Å²) in [6.07, 6.45) is 4.14. The Balaban J connectivity index is 1.47. The number of ether oxygens (including phenoxy) is 2. The molecule has 0 bridgehead atoms. The highest BCUT2D eigenvalue weighted by molar-refractivity contribution is 6.31. The molecule has 1 saturated heterocycles. The highest BCUT2D eigenvalue weighted by atomic mass is 16.5. The van der Waals surface area contributed by atoms with Gasteiger partial charge in [0.2, 0.25) is 0 Å². The smallest absolute Gasteiger partial charge is 0.282 e. The number of nitrogens with zero attached hydrogens (tertiary/aromatic N) is 1. The number of hydrazine groups is 1. The maximum Gasteiger partial charge on any atom is 0.282 e. The van der Waals surface area contributed by atoms with E-state index in [1.54, 1.807) is 30.3 Å². The van der Waals surface area contributed by atoms with Gasteiger partial charge >= 0.3 is 0 Å². The van der Waals surface area contributed by atoms with Crippen LogP contribution in [-0.4, -0.2) is 25.0 Å². The van der Waals surface area contributed by atoms with E-state index in [1.165, 1.54) is 5.01 Å². The predicted octanol–water partition coefficient (Wildman–Crippen LogP) is 4.64. The van der Waals surface area contributed by atoms with Crippen molar-refractivity contribution < 1.29 is 19.1 Å². The first kappa shape index (κ1) is 22.9. The zero-order chi connectivity index (χ0) is 23.9. The number of rotatable bonds is 9. The number of carbonyl (C=O) groups is 2. The van der Waals surface area contributed by atoms with E-state index < -0.39 is 11.8 Å². The largest absolute Gasteiger partial charge is 0.490 e. The predicted molar refractivity (Wildman–Crippen MR) is 133 cm³/mol. The SMILES string of the molecule is C=CCc1ccccc1OCCOc1ccc(C)cc1/C=C1\C(=O)NN(c2ccccc2)C1=O. The summed E-state index contributed by atoms with van der Waals surface area (Å²) in [7, 11) is 0. The minimum Gasteiger partial charge on any atom is -0.490 e. The topological polar surface area (TPSA) is 67.9 Å². The van der Waals surface area contributed by atoms with E-state index in [-0.39, 0.29) is 5.57 Å². The van der Waals surface area contributed by atoms with Gasteiger partial charge in [-0.15, -0.1) is 6.58 Å². The van der Waals surface area contributed by atoms with Gasteiger partial charge in [-0.3, -0.25) is 15.0 Å². The molecule has 34 heavy (non-hydrogen) atoms. The molecular formula is C28H26N2O4. The molecule has 1 heterocycles. The van der Waals surface area contributed by atoms with Crippen LogP contribution in [0, 0.1) is 6.92 Å². The average molecular weight is 455 g/mol. The second kappa shape index (κ2) is 10.5. The van der Waals surface area contributed by atoms with Gasteiger partial charge in [-0.2, -0.15) is 0 Å². The molecule has 6 nitrogen and oxygen atoms in total. The molecule has 1 N–H and O–H groups in total. The quantitative estimate of drug-likeness (QED) is 0.221. The molecular weight excluding hydrogens is 428 g/mol. The third kappa shape index (κ3) is 5.18. The number of benzene rings is 3. The number of nitrogens with one attached hydrogen (secondary N) is 1. The van der Waals surface area contributed by atoms with E-state index in [2.05, 4.69) is 12.0 Å². The van der Waals surface area contributed by atoms with E-state index in [1.807, 2.05) is 61.5 Å². The maximum absolute atomic E-state index is 12.9. The summed E-state index contributed by atoms with van der Waals surface area (Å²) in [6.45, 7) is 6.38. The van der Waals surface area contributed by atoms with Crippen molar-refractivity contribution in [3.05, 3.63) is 108 Å². The number of hydrogen-bond acceptors (Lipinski definition) is 4. The summed E-state index contributed by atoms with van der Waals surface area (Å²) in [6, 6.07) is 22.4. The number of amides is 2. The van der Waals surface area contributed by atoms with Crippen molar-refractivity contribution in [3.63, 3.8) is 0 Å². The van der Waals surface area contributed by atoms with E-state index in [4.69, 9.17) is 9.47 Å². The van der Waals surface area contributed by atoms with Crippen LogP contribution in [0.1, 0.15) is 16.7 Å². The molecule has 0 atom stereocenters. The molecule has 0 saturated carbocycles. The van der Waals surface area contributed by atoms with Crippen LogP contribution in [0.15, 0.2) is 91.0 Å². The van der Waals surface area contributed by atoms with E-state index >= 15 is 0 Å². The average Bonchev–Trinajstić information content (AvgIpc) is 3.13. The number of hydrogen-bond donors (Lipinski definition) is 1. The lowest BCUT2D eigenvalue weighted by Gasteiger charge is -2.14. The number of allylic oxidation sites excluding steroid dienone is 1. The first-order chi connectivity index (χ1) is 16.6. The lowest BCUT2D eigenvalue weighted by molar-refractivity contribution is -0.117. The first-order valence-electron chi connectivity index (χ1n) is 11.0. The van der Waals surface area contributed by atoms with Crippen molar-refractivity contribution in [1.82, 2.24) is 5.43 Å².